The van der Waals surface area contributed by atoms with Gasteiger partial charge >= 0.3 is 0 Å². The molecule has 0 fully saturated rings. The zero-order valence-corrected chi connectivity index (χ0v) is 9.17. The van der Waals surface area contributed by atoms with Crippen LogP contribution in [0.3, 0.4) is 0 Å². The van der Waals surface area contributed by atoms with Crippen molar-refractivity contribution in [2.24, 2.45) is 5.92 Å². The van der Waals surface area contributed by atoms with E-state index in [4.69, 9.17) is 23.2 Å². The minimum atomic E-state index is -0.488. The number of alkyl halides is 2. The highest BCUT2D eigenvalue weighted by molar-refractivity contribution is 6.48. The molecule has 0 radical (unpaired) electrons. The van der Waals surface area contributed by atoms with E-state index in [1.54, 1.807) is 0 Å². The lowest BCUT2D eigenvalue weighted by Gasteiger charge is -2.27. The number of halogens is 2. The summed E-state index contributed by atoms with van der Waals surface area (Å²) in [7, 11) is 0. The van der Waals surface area contributed by atoms with Crippen molar-refractivity contribution in [3.8, 4) is 0 Å². The van der Waals surface area contributed by atoms with Gasteiger partial charge in [0.2, 0.25) is 0 Å². The lowest BCUT2D eigenvalue weighted by atomic mass is 9.95. The van der Waals surface area contributed by atoms with Crippen LogP contribution in [0.4, 0.5) is 0 Å². The van der Waals surface area contributed by atoms with Crippen molar-refractivity contribution in [3.63, 3.8) is 0 Å². The fourth-order valence-electron chi connectivity index (χ4n) is 1.42. The van der Waals surface area contributed by atoms with Crippen LogP contribution in [-0.4, -0.2) is 4.33 Å². The summed E-state index contributed by atoms with van der Waals surface area (Å²) < 4.78 is -0.488. The average Bonchev–Trinajstić information content (AvgIpc) is 1.89. The zero-order valence-electron chi connectivity index (χ0n) is 7.66. The number of hydrogen-bond donors (Lipinski definition) is 0. The van der Waals surface area contributed by atoms with Crippen LogP contribution in [0, 0.1) is 5.92 Å². The average molecular weight is 197 g/mol. The third kappa shape index (κ3) is 3.66. The molecule has 0 atom stereocenters. The lowest BCUT2D eigenvalue weighted by Crippen LogP contribution is -2.24. The molecule has 0 amide bonds. The first-order chi connectivity index (χ1) is 5.08. The van der Waals surface area contributed by atoms with Gasteiger partial charge in [-0.2, -0.15) is 0 Å². The number of hydrogen-bond acceptors (Lipinski definition) is 0. The highest BCUT2D eigenvalue weighted by atomic mass is 35.5. The van der Waals surface area contributed by atoms with Gasteiger partial charge in [0, 0.05) is 0 Å². The summed E-state index contributed by atoms with van der Waals surface area (Å²) in [4.78, 5) is 0. The van der Waals surface area contributed by atoms with E-state index in [9.17, 15) is 0 Å². The Morgan fingerprint density at radius 2 is 1.55 bits per heavy atom. The molecular formula is C9H18Cl2. The molecule has 68 valence electrons. The molecule has 0 bridgehead atoms. The topological polar surface area (TPSA) is 0 Å². The van der Waals surface area contributed by atoms with Crippen LogP contribution in [0.2, 0.25) is 0 Å². The van der Waals surface area contributed by atoms with Gasteiger partial charge in [-0.25, -0.2) is 0 Å². The Morgan fingerprint density at radius 1 is 1.09 bits per heavy atom. The Labute approximate surface area is 80.3 Å². The molecule has 0 aromatic heterocycles. The van der Waals surface area contributed by atoms with Crippen molar-refractivity contribution < 1.29 is 0 Å². The Hall–Kier alpha value is 0.580. The Morgan fingerprint density at radius 3 is 1.82 bits per heavy atom. The molecule has 0 nitrogen and oxygen atoms in total. The summed E-state index contributed by atoms with van der Waals surface area (Å²) in [6.45, 7) is 6.40. The Balaban J connectivity index is 4.00. The minimum absolute atomic E-state index is 0.450. The summed E-state index contributed by atoms with van der Waals surface area (Å²) in [6.07, 6.45) is 4.11. The second kappa shape index (κ2) is 5.27. The van der Waals surface area contributed by atoms with Crippen LogP contribution in [0.15, 0.2) is 0 Å². The molecule has 0 unspecified atom stereocenters. The molecule has 0 N–H and O–H groups in total. The fourth-order valence-corrected chi connectivity index (χ4v) is 2.42. The lowest BCUT2D eigenvalue weighted by molar-refractivity contribution is 0.411. The molecule has 0 aliphatic carbocycles. The second-order valence-electron chi connectivity index (χ2n) is 3.02. The summed E-state index contributed by atoms with van der Waals surface area (Å²) in [5.41, 5.74) is 0. The summed E-state index contributed by atoms with van der Waals surface area (Å²) in [6, 6.07) is 0. The molecular weight excluding hydrogens is 179 g/mol. The Kier molecular flexibility index (Phi) is 5.54. The van der Waals surface area contributed by atoms with Crippen molar-refractivity contribution >= 4 is 23.2 Å². The zero-order chi connectivity index (χ0) is 8.91. The van der Waals surface area contributed by atoms with Gasteiger partial charge in [-0.1, -0.05) is 40.0 Å². The van der Waals surface area contributed by atoms with Gasteiger partial charge in [0.1, 0.15) is 4.33 Å². The van der Waals surface area contributed by atoms with E-state index >= 15 is 0 Å². The molecule has 0 spiro atoms. The van der Waals surface area contributed by atoms with Crippen molar-refractivity contribution in [2.75, 3.05) is 0 Å². The molecule has 11 heavy (non-hydrogen) atoms. The molecule has 0 aromatic carbocycles. The monoisotopic (exact) mass is 196 g/mol. The molecule has 0 aromatic rings. The maximum atomic E-state index is 6.17. The van der Waals surface area contributed by atoms with E-state index in [0.717, 1.165) is 25.7 Å². The van der Waals surface area contributed by atoms with Crippen LogP contribution >= 0.6 is 23.2 Å². The second-order valence-corrected chi connectivity index (χ2v) is 4.57. The maximum absolute atomic E-state index is 6.17. The smallest absolute Gasteiger partial charge is 0.101 e. The van der Waals surface area contributed by atoms with E-state index in [-0.39, 0.29) is 0 Å². The largest absolute Gasteiger partial charge is 0.121 e. The molecule has 0 heterocycles. The van der Waals surface area contributed by atoms with Gasteiger partial charge in [0.05, 0.1) is 0 Å². The minimum Gasteiger partial charge on any atom is -0.101 e. The molecule has 0 rings (SSSR count). The molecule has 0 aliphatic heterocycles. The van der Waals surface area contributed by atoms with Gasteiger partial charge < -0.3 is 0 Å². The van der Waals surface area contributed by atoms with Crippen LogP contribution in [0.5, 0.6) is 0 Å². The van der Waals surface area contributed by atoms with Crippen molar-refractivity contribution in [1.82, 2.24) is 0 Å². The predicted molar refractivity (Wildman–Crippen MR) is 53.4 cm³/mol. The van der Waals surface area contributed by atoms with Gasteiger partial charge in [0.25, 0.3) is 0 Å². The first-order valence-corrected chi connectivity index (χ1v) is 5.21. The van der Waals surface area contributed by atoms with Crippen LogP contribution < -0.4 is 0 Å². The van der Waals surface area contributed by atoms with E-state index in [0.29, 0.717) is 5.92 Å². The van der Waals surface area contributed by atoms with E-state index in [2.05, 4.69) is 20.8 Å². The van der Waals surface area contributed by atoms with E-state index in [1.165, 1.54) is 0 Å². The molecule has 0 aliphatic rings. The first-order valence-electron chi connectivity index (χ1n) is 4.46. The highest BCUT2D eigenvalue weighted by Crippen LogP contribution is 2.38. The van der Waals surface area contributed by atoms with Crippen molar-refractivity contribution in [3.05, 3.63) is 0 Å². The highest BCUT2D eigenvalue weighted by Gasteiger charge is 2.30. The Bertz CT molecular complexity index is 95.7. The van der Waals surface area contributed by atoms with Gasteiger partial charge in [-0.05, 0) is 12.3 Å². The van der Waals surface area contributed by atoms with E-state index < -0.39 is 4.33 Å². The normalized spacial score (nSPS) is 12.5. The van der Waals surface area contributed by atoms with Crippen molar-refractivity contribution in [2.45, 2.75) is 50.8 Å². The quantitative estimate of drug-likeness (QED) is 0.573. The fraction of sp³-hybridized carbons (Fsp3) is 1.00. The standard InChI is InChI=1S/C9H18Cl2/c1-4-7-9(10,11)8(5-2)6-3/h8H,4-7H2,1-3H3. The first kappa shape index (κ1) is 11.6. The van der Waals surface area contributed by atoms with E-state index in [1.807, 2.05) is 0 Å². The molecule has 0 saturated carbocycles. The molecule has 2 heteroatoms. The summed E-state index contributed by atoms with van der Waals surface area (Å²) >= 11 is 12.3. The van der Waals surface area contributed by atoms with Crippen LogP contribution in [0.25, 0.3) is 0 Å². The third-order valence-corrected chi connectivity index (χ3v) is 3.16. The van der Waals surface area contributed by atoms with Crippen LogP contribution in [-0.2, 0) is 0 Å². The maximum Gasteiger partial charge on any atom is 0.121 e. The van der Waals surface area contributed by atoms with Crippen molar-refractivity contribution in [1.29, 1.82) is 0 Å². The van der Waals surface area contributed by atoms with Gasteiger partial charge in [0.15, 0.2) is 0 Å². The molecule has 0 saturated heterocycles. The third-order valence-electron chi connectivity index (χ3n) is 2.17. The predicted octanol–water partition coefficient (Wildman–Crippen LogP) is 4.40. The number of rotatable bonds is 5. The van der Waals surface area contributed by atoms with Crippen LogP contribution in [0.1, 0.15) is 46.5 Å². The van der Waals surface area contributed by atoms with Gasteiger partial charge in [-0.3, -0.25) is 0 Å². The summed E-state index contributed by atoms with van der Waals surface area (Å²) in [5, 5.41) is 0. The summed E-state index contributed by atoms with van der Waals surface area (Å²) in [5.74, 6) is 0.450. The van der Waals surface area contributed by atoms with Gasteiger partial charge in [-0.15, -0.1) is 23.2 Å². The SMILES string of the molecule is CCCC(Cl)(Cl)C(CC)CC.